The number of rotatable bonds is 28. The van der Waals surface area contributed by atoms with Gasteiger partial charge in [-0.1, -0.05) is 104 Å². The van der Waals surface area contributed by atoms with Gasteiger partial charge in [0.05, 0.1) is 12.5 Å². The molecule has 1 aliphatic heterocycles. The number of carbonyl (C=O) groups excluding carboxylic acids is 2. The van der Waals surface area contributed by atoms with Gasteiger partial charge in [0.1, 0.15) is 18.3 Å². The van der Waals surface area contributed by atoms with E-state index in [1.54, 1.807) is 0 Å². The second-order valence-electron chi connectivity index (χ2n) is 12.9. The van der Waals surface area contributed by atoms with Gasteiger partial charge in [-0.05, 0) is 19.3 Å². The first-order valence-corrected chi connectivity index (χ1v) is 19.5. The second kappa shape index (κ2) is 25.6. The Kier molecular flexibility index (Phi) is 22.3. The summed E-state index contributed by atoms with van der Waals surface area (Å²) in [4.78, 5) is 59.8. The molecule has 0 aliphatic carbocycles. The molecule has 1 fully saturated rings. The Morgan fingerprint density at radius 2 is 1.57 bits per heavy atom. The number of esters is 1. The van der Waals surface area contributed by atoms with Crippen molar-refractivity contribution in [2.45, 2.75) is 148 Å². The fourth-order valence-corrected chi connectivity index (χ4v) is 6.43. The topological polar surface area (TPSA) is 195 Å². The zero-order valence-corrected chi connectivity index (χ0v) is 30.4. The van der Waals surface area contributed by atoms with E-state index in [1.165, 1.54) is 70.4 Å². The number of H-pyrrole nitrogens is 1. The molecular formula is C34H60N3O11P. The molecule has 0 aromatic carbocycles. The highest BCUT2D eigenvalue weighted by atomic mass is 31.1. The van der Waals surface area contributed by atoms with Gasteiger partial charge >= 0.3 is 19.9 Å². The van der Waals surface area contributed by atoms with Gasteiger partial charge in [-0.25, -0.2) is 4.79 Å². The van der Waals surface area contributed by atoms with Gasteiger partial charge in [-0.3, -0.25) is 28.5 Å². The van der Waals surface area contributed by atoms with Crippen LogP contribution in [0.15, 0.2) is 21.9 Å². The molecule has 2 heterocycles. The fraction of sp³-hybridized carbons (Fsp3) is 0.824. The minimum absolute atomic E-state index is 0.201. The highest BCUT2D eigenvalue weighted by Gasteiger charge is 2.48. The van der Waals surface area contributed by atoms with Gasteiger partial charge in [-0.2, -0.15) is 0 Å². The molecule has 0 saturated carbocycles. The lowest BCUT2D eigenvalue weighted by Crippen LogP contribution is -2.40. The Labute approximate surface area is 290 Å². The van der Waals surface area contributed by atoms with Crippen molar-refractivity contribution in [3.05, 3.63) is 33.1 Å². The summed E-state index contributed by atoms with van der Waals surface area (Å²) in [5.41, 5.74) is -1.36. The molecule has 15 heteroatoms. The first-order chi connectivity index (χ1) is 23.7. The Morgan fingerprint density at radius 3 is 2.18 bits per heavy atom. The molecule has 6 atom stereocenters. The van der Waals surface area contributed by atoms with E-state index >= 15 is 0 Å². The zero-order valence-electron chi connectivity index (χ0n) is 29.4. The molecular weight excluding hydrogens is 657 g/mol. The van der Waals surface area contributed by atoms with E-state index in [0.717, 1.165) is 42.7 Å². The van der Waals surface area contributed by atoms with Gasteiger partial charge in [0, 0.05) is 25.4 Å². The van der Waals surface area contributed by atoms with Gasteiger partial charge in [0.15, 0.2) is 12.8 Å². The number of hydrogen-bond acceptors (Lipinski definition) is 10. The van der Waals surface area contributed by atoms with Crippen molar-refractivity contribution in [3.63, 3.8) is 0 Å². The van der Waals surface area contributed by atoms with Crippen molar-refractivity contribution in [1.29, 1.82) is 0 Å². The lowest BCUT2D eigenvalue weighted by Gasteiger charge is -2.24. The predicted molar refractivity (Wildman–Crippen MR) is 185 cm³/mol. The monoisotopic (exact) mass is 717 g/mol. The highest BCUT2D eigenvalue weighted by molar-refractivity contribution is 7.32. The van der Waals surface area contributed by atoms with E-state index in [4.69, 9.17) is 18.7 Å². The van der Waals surface area contributed by atoms with Crippen LogP contribution in [0.2, 0.25) is 0 Å². The summed E-state index contributed by atoms with van der Waals surface area (Å²) in [5.74, 6) is -0.917. The highest BCUT2D eigenvalue weighted by Crippen LogP contribution is 2.37. The summed E-state index contributed by atoms with van der Waals surface area (Å²) in [6.45, 7) is 3.88. The summed E-state index contributed by atoms with van der Waals surface area (Å²) in [7, 11) is -3.42. The van der Waals surface area contributed by atoms with E-state index in [0.29, 0.717) is 19.4 Å². The van der Waals surface area contributed by atoms with Crippen LogP contribution in [0.1, 0.15) is 129 Å². The number of aliphatic hydroxyl groups excluding tert-OH is 1. The number of amides is 1. The minimum Gasteiger partial charge on any atom is -0.455 e. The van der Waals surface area contributed by atoms with Crippen LogP contribution in [-0.4, -0.2) is 76.1 Å². The van der Waals surface area contributed by atoms with Crippen LogP contribution in [0.5, 0.6) is 0 Å². The van der Waals surface area contributed by atoms with Crippen molar-refractivity contribution < 1.29 is 42.9 Å². The molecule has 0 bridgehead atoms. The van der Waals surface area contributed by atoms with Gasteiger partial charge in [-0.15, -0.1) is 0 Å². The maximum atomic E-state index is 12.3. The van der Waals surface area contributed by atoms with Crippen LogP contribution in [-0.2, 0) is 32.9 Å². The van der Waals surface area contributed by atoms with Crippen molar-refractivity contribution in [2.75, 3.05) is 26.4 Å². The number of carbonyl (C=O) groups is 2. The summed E-state index contributed by atoms with van der Waals surface area (Å²) >= 11 is 0. The summed E-state index contributed by atoms with van der Waals surface area (Å²) < 4.78 is 34.5. The number of hydrogen-bond donors (Lipinski definition) is 4. The molecule has 1 amide bonds. The Hall–Kier alpha value is -2.35. The molecule has 0 radical (unpaired) electrons. The largest absolute Gasteiger partial charge is 0.455 e. The summed E-state index contributed by atoms with van der Waals surface area (Å²) in [5, 5.41) is 12.5. The average Bonchev–Trinajstić information content (AvgIpc) is 3.40. The van der Waals surface area contributed by atoms with E-state index in [-0.39, 0.29) is 31.0 Å². The molecule has 4 N–H and O–H groups in total. The van der Waals surface area contributed by atoms with E-state index < -0.39 is 50.7 Å². The van der Waals surface area contributed by atoms with Crippen LogP contribution in [0.3, 0.4) is 0 Å². The van der Waals surface area contributed by atoms with Crippen LogP contribution >= 0.6 is 8.25 Å². The molecule has 1 aromatic rings. The molecule has 1 aliphatic rings. The standard InChI is InChI=1S/C34H60N3O11P/c1-3-4-5-6-7-8-9-10-11-12-13-16-19-26(2)33(41)46-25-29(40)35-21-17-14-15-18-23-45-31-30(48-49(43)44)27(24-38)47-32(31)37-22-20-28(39)36-34(37)42/h20,22,26-27,30-32,38,49H,3-19,21,23-25H2,1-2H3,(H,35,40)(H,43,44)(H,36,39,42)/t26?,27-,30?,31?,32-/m1/s1. The van der Waals surface area contributed by atoms with Crippen molar-refractivity contribution in [2.24, 2.45) is 5.92 Å². The smallest absolute Gasteiger partial charge is 0.330 e. The van der Waals surface area contributed by atoms with Gasteiger partial charge < -0.3 is 34.1 Å². The Morgan fingerprint density at radius 1 is 0.959 bits per heavy atom. The average molecular weight is 718 g/mol. The molecule has 282 valence electrons. The lowest BCUT2D eigenvalue weighted by atomic mass is 10.0. The third-order valence-electron chi connectivity index (χ3n) is 8.77. The van der Waals surface area contributed by atoms with Crippen LogP contribution < -0.4 is 16.6 Å². The minimum atomic E-state index is -3.42. The first kappa shape index (κ1) is 42.8. The van der Waals surface area contributed by atoms with Crippen molar-refractivity contribution >= 4 is 20.1 Å². The van der Waals surface area contributed by atoms with Gasteiger partial charge in [0.2, 0.25) is 0 Å². The molecule has 2 rings (SSSR count). The predicted octanol–water partition coefficient (Wildman–Crippen LogP) is 4.53. The van der Waals surface area contributed by atoms with E-state index in [1.807, 2.05) is 6.92 Å². The Balaban J connectivity index is 1.55. The molecule has 1 aromatic heterocycles. The van der Waals surface area contributed by atoms with Crippen molar-refractivity contribution in [1.82, 2.24) is 14.9 Å². The molecule has 4 unspecified atom stereocenters. The normalized spacial score (nSPS) is 20.2. The number of unbranched alkanes of at least 4 members (excludes halogenated alkanes) is 14. The van der Waals surface area contributed by atoms with Crippen LogP contribution in [0, 0.1) is 5.92 Å². The van der Waals surface area contributed by atoms with E-state index in [2.05, 4.69) is 17.2 Å². The second-order valence-corrected chi connectivity index (χ2v) is 13.7. The number of aliphatic hydroxyl groups is 1. The molecule has 14 nitrogen and oxygen atoms in total. The SMILES string of the molecule is CCCCCCCCCCCCCCC(C)C(=O)OCC(=O)NCCCCCCOC1C(O[PH](=O)O)[C@@H](CO)O[C@H]1n1ccc(=O)[nH]c1=O. The molecule has 1 saturated heterocycles. The molecule has 49 heavy (non-hydrogen) atoms. The van der Waals surface area contributed by atoms with E-state index in [9.17, 15) is 33.7 Å². The zero-order chi connectivity index (χ0) is 35.9. The van der Waals surface area contributed by atoms with Crippen molar-refractivity contribution in [3.8, 4) is 0 Å². The number of nitrogens with zero attached hydrogens (tertiary/aromatic N) is 1. The summed E-state index contributed by atoms with van der Waals surface area (Å²) in [6, 6.07) is 1.13. The van der Waals surface area contributed by atoms with Gasteiger partial charge in [0.25, 0.3) is 11.5 Å². The first-order valence-electron chi connectivity index (χ1n) is 18.2. The maximum Gasteiger partial charge on any atom is 0.330 e. The summed E-state index contributed by atoms with van der Waals surface area (Å²) in [6.07, 6.45) is 15.7. The number of aromatic amines is 1. The number of ether oxygens (including phenoxy) is 3. The number of nitrogens with one attached hydrogen (secondary N) is 2. The lowest BCUT2D eigenvalue weighted by molar-refractivity contribution is -0.152. The fourth-order valence-electron chi connectivity index (χ4n) is 5.91. The Bertz CT molecular complexity index is 1210. The third-order valence-corrected chi connectivity index (χ3v) is 9.24. The number of aromatic nitrogens is 2. The van der Waals surface area contributed by atoms with Crippen LogP contribution in [0.4, 0.5) is 0 Å². The molecule has 0 spiro atoms. The quantitative estimate of drug-likeness (QED) is 0.0540. The maximum absolute atomic E-state index is 12.3. The third kappa shape index (κ3) is 17.4. The van der Waals surface area contributed by atoms with Crippen LogP contribution in [0.25, 0.3) is 0 Å².